The quantitative estimate of drug-likeness (QED) is 0.879. The minimum atomic E-state index is -3.47. The molecule has 1 heterocycles. The van der Waals surface area contributed by atoms with Gasteiger partial charge in [0.2, 0.25) is 10.0 Å². The molecular formula is C12H18N2O3S2. The molecule has 19 heavy (non-hydrogen) atoms. The first-order valence-corrected chi connectivity index (χ1v) is 9.05. The standard InChI is InChI=1S/C12H18N2O3S2/c1-10(13)11-2-4-12(5-3-11)19(16,17)14-6-8-18(15)9-7-14/h2-5,10H,6-9,13H2,1H3. The molecule has 1 aromatic rings. The van der Waals surface area contributed by atoms with Crippen molar-refractivity contribution in [1.29, 1.82) is 0 Å². The van der Waals surface area contributed by atoms with Crippen molar-refractivity contribution in [1.82, 2.24) is 4.31 Å². The number of nitrogens with two attached hydrogens (primary N) is 1. The van der Waals surface area contributed by atoms with Crippen molar-refractivity contribution in [3.8, 4) is 0 Å². The molecule has 1 atom stereocenters. The zero-order chi connectivity index (χ0) is 14.0. The average molecular weight is 302 g/mol. The van der Waals surface area contributed by atoms with Gasteiger partial charge in [-0.1, -0.05) is 12.1 Å². The molecule has 2 N–H and O–H groups in total. The largest absolute Gasteiger partial charge is 0.324 e. The SMILES string of the molecule is CC(N)c1ccc(S(=O)(=O)N2CCS(=O)CC2)cc1. The van der Waals surface area contributed by atoms with Crippen LogP contribution in [0.15, 0.2) is 29.2 Å². The lowest BCUT2D eigenvalue weighted by molar-refractivity contribution is 0.438. The molecule has 1 fully saturated rings. The third-order valence-electron chi connectivity index (χ3n) is 3.18. The Bertz CT molecular complexity index is 557. The Kier molecular flexibility index (Phi) is 4.39. The van der Waals surface area contributed by atoms with Crippen LogP contribution in [-0.4, -0.2) is 41.5 Å². The summed E-state index contributed by atoms with van der Waals surface area (Å²) >= 11 is 0. The van der Waals surface area contributed by atoms with Crippen molar-refractivity contribution in [3.05, 3.63) is 29.8 Å². The van der Waals surface area contributed by atoms with E-state index >= 15 is 0 Å². The van der Waals surface area contributed by atoms with Gasteiger partial charge in [-0.25, -0.2) is 8.42 Å². The maximum atomic E-state index is 12.4. The third-order valence-corrected chi connectivity index (χ3v) is 6.37. The topological polar surface area (TPSA) is 80.5 Å². The lowest BCUT2D eigenvalue weighted by atomic mass is 10.1. The number of nitrogens with zero attached hydrogens (tertiary/aromatic N) is 1. The first kappa shape index (κ1) is 14.6. The van der Waals surface area contributed by atoms with E-state index in [0.717, 1.165) is 5.56 Å². The van der Waals surface area contributed by atoms with E-state index in [-0.39, 0.29) is 10.9 Å². The third kappa shape index (κ3) is 3.22. The minimum absolute atomic E-state index is 0.117. The highest BCUT2D eigenvalue weighted by molar-refractivity contribution is 7.89. The Labute approximate surface area is 116 Å². The summed E-state index contributed by atoms with van der Waals surface area (Å²) in [6.07, 6.45) is 0. The summed E-state index contributed by atoms with van der Waals surface area (Å²) in [5.74, 6) is 0.828. The van der Waals surface area contributed by atoms with E-state index in [0.29, 0.717) is 24.6 Å². The van der Waals surface area contributed by atoms with E-state index in [4.69, 9.17) is 5.73 Å². The summed E-state index contributed by atoms with van der Waals surface area (Å²) in [6, 6.07) is 6.52. The average Bonchev–Trinajstić information content (AvgIpc) is 2.39. The Morgan fingerprint density at radius 3 is 2.21 bits per heavy atom. The molecule has 1 saturated heterocycles. The van der Waals surface area contributed by atoms with Crippen LogP contribution in [0.2, 0.25) is 0 Å². The lowest BCUT2D eigenvalue weighted by Gasteiger charge is -2.25. The molecule has 2 rings (SSSR count). The summed E-state index contributed by atoms with van der Waals surface area (Å²) < 4.78 is 37.4. The second-order valence-electron chi connectivity index (χ2n) is 4.61. The van der Waals surface area contributed by atoms with Gasteiger partial charge in [0, 0.05) is 41.4 Å². The second kappa shape index (κ2) is 5.70. The molecule has 106 valence electrons. The fourth-order valence-corrected chi connectivity index (χ4v) is 4.68. The highest BCUT2D eigenvalue weighted by atomic mass is 32.2. The van der Waals surface area contributed by atoms with E-state index in [1.165, 1.54) is 4.31 Å². The molecule has 0 aliphatic carbocycles. The van der Waals surface area contributed by atoms with Crippen LogP contribution in [-0.2, 0) is 20.8 Å². The maximum Gasteiger partial charge on any atom is 0.243 e. The molecule has 1 aromatic carbocycles. The molecule has 0 radical (unpaired) electrons. The van der Waals surface area contributed by atoms with Crippen LogP contribution >= 0.6 is 0 Å². The first-order valence-electron chi connectivity index (χ1n) is 6.12. The fourth-order valence-electron chi connectivity index (χ4n) is 1.95. The van der Waals surface area contributed by atoms with Crippen LogP contribution < -0.4 is 5.73 Å². The number of hydrogen-bond donors (Lipinski definition) is 1. The van der Waals surface area contributed by atoms with Crippen molar-refractivity contribution in [2.45, 2.75) is 17.9 Å². The van der Waals surface area contributed by atoms with Crippen LogP contribution in [0.25, 0.3) is 0 Å². The Morgan fingerprint density at radius 1 is 1.21 bits per heavy atom. The van der Waals surface area contributed by atoms with E-state index in [2.05, 4.69) is 0 Å². The van der Waals surface area contributed by atoms with Crippen LogP contribution in [0.3, 0.4) is 0 Å². The molecule has 1 aliphatic heterocycles. The molecule has 0 amide bonds. The predicted molar refractivity (Wildman–Crippen MR) is 75.7 cm³/mol. The number of benzene rings is 1. The lowest BCUT2D eigenvalue weighted by Crippen LogP contribution is -2.41. The minimum Gasteiger partial charge on any atom is -0.324 e. The van der Waals surface area contributed by atoms with Crippen molar-refractivity contribution in [3.63, 3.8) is 0 Å². The van der Waals surface area contributed by atoms with Gasteiger partial charge in [-0.15, -0.1) is 0 Å². The summed E-state index contributed by atoms with van der Waals surface area (Å²) in [7, 11) is -4.35. The van der Waals surface area contributed by atoms with Gasteiger partial charge < -0.3 is 5.73 Å². The Morgan fingerprint density at radius 2 is 1.74 bits per heavy atom. The molecule has 5 nitrogen and oxygen atoms in total. The molecule has 0 bridgehead atoms. The number of rotatable bonds is 3. The van der Waals surface area contributed by atoms with Crippen LogP contribution in [0.4, 0.5) is 0 Å². The van der Waals surface area contributed by atoms with Gasteiger partial charge in [0.1, 0.15) is 0 Å². The van der Waals surface area contributed by atoms with E-state index in [9.17, 15) is 12.6 Å². The number of hydrogen-bond acceptors (Lipinski definition) is 4. The van der Waals surface area contributed by atoms with Crippen LogP contribution in [0.1, 0.15) is 18.5 Å². The molecular weight excluding hydrogens is 284 g/mol. The molecule has 7 heteroatoms. The molecule has 0 spiro atoms. The molecule has 0 saturated carbocycles. The summed E-state index contributed by atoms with van der Waals surface area (Å²) in [6.45, 7) is 2.50. The van der Waals surface area contributed by atoms with Gasteiger partial charge in [-0.3, -0.25) is 4.21 Å². The van der Waals surface area contributed by atoms with Crippen LogP contribution in [0.5, 0.6) is 0 Å². The predicted octanol–water partition coefficient (Wildman–Crippen LogP) is 0.459. The zero-order valence-corrected chi connectivity index (χ0v) is 12.4. The van der Waals surface area contributed by atoms with Crippen molar-refractivity contribution in [2.24, 2.45) is 5.73 Å². The summed E-state index contributed by atoms with van der Waals surface area (Å²) in [4.78, 5) is 0.268. The zero-order valence-electron chi connectivity index (χ0n) is 10.8. The Balaban J connectivity index is 2.22. The van der Waals surface area contributed by atoms with Crippen molar-refractivity contribution < 1.29 is 12.6 Å². The van der Waals surface area contributed by atoms with E-state index in [1.807, 2.05) is 6.92 Å². The van der Waals surface area contributed by atoms with Gasteiger partial charge in [-0.2, -0.15) is 4.31 Å². The fraction of sp³-hybridized carbons (Fsp3) is 0.500. The van der Waals surface area contributed by atoms with Gasteiger partial charge in [-0.05, 0) is 24.6 Å². The molecule has 1 unspecified atom stereocenters. The molecule has 1 aliphatic rings. The van der Waals surface area contributed by atoms with Crippen molar-refractivity contribution in [2.75, 3.05) is 24.6 Å². The first-order chi connectivity index (χ1) is 8.91. The van der Waals surface area contributed by atoms with Gasteiger partial charge in [0.05, 0.1) is 4.90 Å². The number of sulfonamides is 1. The second-order valence-corrected chi connectivity index (χ2v) is 8.24. The summed E-state index contributed by atoms with van der Waals surface area (Å²) in [5, 5.41) is 0. The highest BCUT2D eigenvalue weighted by Gasteiger charge is 2.27. The van der Waals surface area contributed by atoms with Gasteiger partial charge in [0.15, 0.2) is 0 Å². The normalized spacial score (nSPS) is 20.3. The molecule has 0 aromatic heterocycles. The maximum absolute atomic E-state index is 12.4. The highest BCUT2D eigenvalue weighted by Crippen LogP contribution is 2.19. The monoisotopic (exact) mass is 302 g/mol. The van der Waals surface area contributed by atoms with E-state index < -0.39 is 20.8 Å². The Hall–Kier alpha value is -0.760. The van der Waals surface area contributed by atoms with Gasteiger partial charge >= 0.3 is 0 Å². The van der Waals surface area contributed by atoms with Gasteiger partial charge in [0.25, 0.3) is 0 Å². The van der Waals surface area contributed by atoms with Crippen LogP contribution in [0, 0.1) is 0 Å². The van der Waals surface area contributed by atoms with Crippen molar-refractivity contribution >= 4 is 20.8 Å². The van der Waals surface area contributed by atoms with E-state index in [1.54, 1.807) is 24.3 Å². The summed E-state index contributed by atoms with van der Waals surface area (Å²) in [5.41, 5.74) is 6.64. The smallest absolute Gasteiger partial charge is 0.243 e.